The second kappa shape index (κ2) is 6.32. The van der Waals surface area contributed by atoms with Crippen LogP contribution in [0.4, 0.5) is 5.69 Å². The summed E-state index contributed by atoms with van der Waals surface area (Å²) >= 11 is 0. The molecule has 4 nitrogen and oxygen atoms in total. The van der Waals surface area contributed by atoms with Gasteiger partial charge in [-0.2, -0.15) is 0 Å². The van der Waals surface area contributed by atoms with Gasteiger partial charge in [0.25, 0.3) is 5.91 Å². The molecule has 0 atom stereocenters. The molecule has 0 aliphatic rings. The largest absolute Gasteiger partial charge is 0.324 e. The summed E-state index contributed by atoms with van der Waals surface area (Å²) in [5, 5.41) is 2.83. The van der Waals surface area contributed by atoms with Gasteiger partial charge in [-0.3, -0.25) is 9.59 Å². The Balaban J connectivity index is 1.82. The average molecular weight is 304 g/mol. The number of aromatic nitrogens is 1. The molecule has 3 aromatic rings. The first-order valence-corrected chi connectivity index (χ1v) is 7.29. The fraction of sp³-hybridized carbons (Fsp3) is 0.0526. The lowest BCUT2D eigenvalue weighted by Gasteiger charge is -2.08. The molecule has 0 spiro atoms. The second-order valence-electron chi connectivity index (χ2n) is 5.23. The molecule has 23 heavy (non-hydrogen) atoms. The lowest BCUT2D eigenvalue weighted by Crippen LogP contribution is -2.12. The number of hydrogen-bond acceptors (Lipinski definition) is 2. The molecule has 0 radical (unpaired) electrons. The average Bonchev–Trinajstić information content (AvgIpc) is 3.10. The van der Waals surface area contributed by atoms with Crippen LogP contribution in [-0.4, -0.2) is 16.3 Å². The van der Waals surface area contributed by atoms with Gasteiger partial charge in [-0.15, -0.1) is 0 Å². The van der Waals surface area contributed by atoms with Crippen LogP contribution in [0.3, 0.4) is 0 Å². The van der Waals surface area contributed by atoms with Gasteiger partial charge in [-0.05, 0) is 49.4 Å². The molecule has 0 saturated carbocycles. The van der Waals surface area contributed by atoms with Crippen molar-refractivity contribution in [3.63, 3.8) is 0 Å². The number of ketones is 1. The standard InChI is InChI=1S/C19H16N2O2/c1-14(22)15-6-4-8-17(12-15)20-19(23)16-7-5-9-18(13-16)21-10-2-3-11-21/h2-13H,1H3,(H,20,23). The van der Waals surface area contributed by atoms with Crippen LogP contribution >= 0.6 is 0 Å². The van der Waals surface area contributed by atoms with Crippen molar-refractivity contribution in [3.8, 4) is 5.69 Å². The van der Waals surface area contributed by atoms with Crippen LogP contribution in [0, 0.1) is 0 Å². The van der Waals surface area contributed by atoms with Gasteiger partial charge in [0.15, 0.2) is 5.78 Å². The van der Waals surface area contributed by atoms with E-state index < -0.39 is 0 Å². The maximum Gasteiger partial charge on any atom is 0.255 e. The molecule has 0 fully saturated rings. The number of amides is 1. The highest BCUT2D eigenvalue weighted by molar-refractivity contribution is 6.05. The molecule has 4 heteroatoms. The number of nitrogens with one attached hydrogen (secondary N) is 1. The third-order valence-electron chi connectivity index (χ3n) is 3.54. The Bertz CT molecular complexity index is 851. The fourth-order valence-corrected chi connectivity index (χ4v) is 2.33. The molecule has 1 N–H and O–H groups in total. The number of carbonyl (C=O) groups is 2. The predicted molar refractivity (Wildman–Crippen MR) is 90.2 cm³/mol. The Hall–Kier alpha value is -3.14. The van der Waals surface area contributed by atoms with Crippen LogP contribution < -0.4 is 5.32 Å². The van der Waals surface area contributed by atoms with Gasteiger partial charge in [-0.25, -0.2) is 0 Å². The predicted octanol–water partition coefficient (Wildman–Crippen LogP) is 3.93. The van der Waals surface area contributed by atoms with Crippen LogP contribution in [0.25, 0.3) is 5.69 Å². The minimum Gasteiger partial charge on any atom is -0.324 e. The summed E-state index contributed by atoms with van der Waals surface area (Å²) < 4.78 is 1.94. The summed E-state index contributed by atoms with van der Waals surface area (Å²) in [7, 11) is 0. The number of hydrogen-bond donors (Lipinski definition) is 1. The summed E-state index contributed by atoms with van der Waals surface area (Å²) in [6.45, 7) is 1.50. The van der Waals surface area contributed by atoms with Gasteiger partial charge in [0.1, 0.15) is 0 Å². The Morgan fingerprint density at radius 3 is 2.30 bits per heavy atom. The van der Waals surface area contributed by atoms with E-state index in [0.717, 1.165) is 5.69 Å². The first-order chi connectivity index (χ1) is 11.1. The van der Waals surface area contributed by atoms with E-state index in [1.165, 1.54) is 6.92 Å². The number of Topliss-reactive ketones (excluding diaryl/α,β-unsaturated/α-hetero) is 1. The van der Waals surface area contributed by atoms with Gasteiger partial charge in [0, 0.05) is 34.9 Å². The number of anilines is 1. The molecule has 1 aromatic heterocycles. The van der Waals surface area contributed by atoms with E-state index in [1.54, 1.807) is 30.3 Å². The van der Waals surface area contributed by atoms with Gasteiger partial charge in [0.05, 0.1) is 0 Å². The van der Waals surface area contributed by atoms with Gasteiger partial charge in [-0.1, -0.05) is 18.2 Å². The number of carbonyl (C=O) groups excluding carboxylic acids is 2. The molecule has 0 saturated heterocycles. The fourth-order valence-electron chi connectivity index (χ4n) is 2.33. The monoisotopic (exact) mass is 304 g/mol. The van der Waals surface area contributed by atoms with Crippen molar-refractivity contribution in [3.05, 3.63) is 84.2 Å². The van der Waals surface area contributed by atoms with E-state index in [1.807, 2.05) is 47.3 Å². The maximum absolute atomic E-state index is 12.4. The van der Waals surface area contributed by atoms with Crippen molar-refractivity contribution in [2.45, 2.75) is 6.92 Å². The molecule has 0 aliphatic carbocycles. The van der Waals surface area contributed by atoms with E-state index in [4.69, 9.17) is 0 Å². The molecule has 0 unspecified atom stereocenters. The molecule has 0 aliphatic heterocycles. The zero-order valence-corrected chi connectivity index (χ0v) is 12.7. The number of nitrogens with zero attached hydrogens (tertiary/aromatic N) is 1. The van der Waals surface area contributed by atoms with E-state index in [-0.39, 0.29) is 11.7 Å². The Labute approximate surface area is 134 Å². The number of rotatable bonds is 4. The van der Waals surface area contributed by atoms with Crippen LogP contribution in [0.2, 0.25) is 0 Å². The summed E-state index contributed by atoms with van der Waals surface area (Å²) in [4.78, 5) is 23.8. The molecular formula is C19H16N2O2. The Morgan fingerprint density at radius 1 is 0.870 bits per heavy atom. The van der Waals surface area contributed by atoms with Crippen LogP contribution in [0.5, 0.6) is 0 Å². The first kappa shape index (κ1) is 14.8. The maximum atomic E-state index is 12.4. The van der Waals surface area contributed by atoms with Crippen LogP contribution in [-0.2, 0) is 0 Å². The first-order valence-electron chi connectivity index (χ1n) is 7.29. The van der Waals surface area contributed by atoms with E-state index >= 15 is 0 Å². The van der Waals surface area contributed by atoms with Crippen molar-refractivity contribution in [1.29, 1.82) is 0 Å². The van der Waals surface area contributed by atoms with Crippen LogP contribution in [0.15, 0.2) is 73.1 Å². The smallest absolute Gasteiger partial charge is 0.255 e. The molecule has 2 aromatic carbocycles. The minimum absolute atomic E-state index is 0.0318. The third kappa shape index (κ3) is 3.37. The summed E-state index contributed by atoms with van der Waals surface area (Å²) in [6, 6.07) is 18.1. The summed E-state index contributed by atoms with van der Waals surface area (Å²) in [5.41, 5.74) is 2.66. The Morgan fingerprint density at radius 2 is 1.57 bits per heavy atom. The minimum atomic E-state index is -0.209. The lowest BCUT2D eigenvalue weighted by molar-refractivity contribution is 0.101. The van der Waals surface area contributed by atoms with Crippen molar-refractivity contribution in [2.75, 3.05) is 5.32 Å². The van der Waals surface area contributed by atoms with Crippen molar-refractivity contribution in [1.82, 2.24) is 4.57 Å². The van der Waals surface area contributed by atoms with Gasteiger partial charge < -0.3 is 9.88 Å². The molecule has 3 rings (SSSR count). The van der Waals surface area contributed by atoms with E-state index in [9.17, 15) is 9.59 Å². The zero-order chi connectivity index (χ0) is 16.2. The van der Waals surface area contributed by atoms with Crippen molar-refractivity contribution < 1.29 is 9.59 Å². The highest BCUT2D eigenvalue weighted by Crippen LogP contribution is 2.15. The van der Waals surface area contributed by atoms with Gasteiger partial charge >= 0.3 is 0 Å². The topological polar surface area (TPSA) is 51.1 Å². The summed E-state index contributed by atoms with van der Waals surface area (Å²) in [5.74, 6) is -0.240. The second-order valence-corrected chi connectivity index (χ2v) is 5.23. The molecule has 1 amide bonds. The van der Waals surface area contributed by atoms with E-state index in [0.29, 0.717) is 16.8 Å². The SMILES string of the molecule is CC(=O)c1cccc(NC(=O)c2cccc(-n3cccc3)c2)c1. The highest BCUT2D eigenvalue weighted by Gasteiger charge is 2.08. The van der Waals surface area contributed by atoms with Crippen LogP contribution in [0.1, 0.15) is 27.6 Å². The lowest BCUT2D eigenvalue weighted by atomic mass is 10.1. The highest BCUT2D eigenvalue weighted by atomic mass is 16.1. The summed E-state index contributed by atoms with van der Waals surface area (Å²) in [6.07, 6.45) is 3.85. The molecule has 0 bridgehead atoms. The number of benzene rings is 2. The van der Waals surface area contributed by atoms with Crippen molar-refractivity contribution in [2.24, 2.45) is 0 Å². The van der Waals surface area contributed by atoms with Crippen molar-refractivity contribution >= 4 is 17.4 Å². The normalized spacial score (nSPS) is 10.3. The zero-order valence-electron chi connectivity index (χ0n) is 12.7. The quantitative estimate of drug-likeness (QED) is 0.742. The van der Waals surface area contributed by atoms with E-state index in [2.05, 4.69) is 5.32 Å². The molecule has 1 heterocycles. The van der Waals surface area contributed by atoms with Gasteiger partial charge in [0.2, 0.25) is 0 Å². The molecular weight excluding hydrogens is 288 g/mol. The molecule has 114 valence electrons. The third-order valence-corrected chi connectivity index (χ3v) is 3.54. The Kier molecular flexibility index (Phi) is 4.06.